The van der Waals surface area contributed by atoms with E-state index in [1.54, 1.807) is 123 Å². The Bertz CT molecular complexity index is 4100. The van der Waals surface area contributed by atoms with Crippen LogP contribution in [0.3, 0.4) is 0 Å². The Hall–Kier alpha value is -12.0. The van der Waals surface area contributed by atoms with Gasteiger partial charge in [-0.1, -0.05) is 24.3 Å². The van der Waals surface area contributed by atoms with E-state index in [2.05, 4.69) is 39.9 Å². The third-order valence-corrected chi connectivity index (χ3v) is 16.7. The molecule has 0 unspecified atom stereocenters. The normalized spacial score (nSPS) is 13.4. The molecule has 8 aromatic heterocycles. The molecular weight excluding hydrogens is 1320 g/mol. The van der Waals surface area contributed by atoms with Crippen LogP contribution in [0.15, 0.2) is 221 Å². The molecule has 97 heavy (non-hydrogen) atoms. The molecule has 4 aliphatic heterocycles. The van der Waals surface area contributed by atoms with Gasteiger partial charge in [0.05, 0.1) is 48.1 Å². The fourth-order valence-corrected chi connectivity index (χ4v) is 12.1. The molecule has 4 aromatic carbocycles. The quantitative estimate of drug-likeness (QED) is 0.0571. The van der Waals surface area contributed by atoms with E-state index in [0.717, 1.165) is 22.8 Å². The maximum Gasteiger partial charge on any atom is 2.00 e. The number of carbonyl (C=O) groups is 8. The Morgan fingerprint density at radius 1 is 0.237 bits per heavy atom. The second kappa shape index (κ2) is 29.5. The predicted molar refractivity (Wildman–Crippen MR) is 352 cm³/mol. The smallest absolute Gasteiger partial charge is 0.337 e. The number of imidazole rings is 4. The molecule has 0 N–H and O–H groups in total. The first-order chi connectivity index (χ1) is 47.0. The Morgan fingerprint density at radius 2 is 0.433 bits per heavy atom. The van der Waals surface area contributed by atoms with Crippen LogP contribution in [0.2, 0.25) is 0 Å². The number of hydrogen-bond acceptors (Lipinski definition) is 16. The van der Waals surface area contributed by atoms with Gasteiger partial charge >= 0.3 is 19.5 Å². The van der Waals surface area contributed by atoms with Gasteiger partial charge < -0.3 is 18.3 Å². The van der Waals surface area contributed by atoms with Crippen molar-refractivity contribution in [1.29, 1.82) is 0 Å². The minimum Gasteiger partial charge on any atom is -0.337 e. The zero-order chi connectivity index (χ0) is 66.1. The van der Waals surface area contributed by atoms with E-state index < -0.39 is 47.3 Å². The summed E-state index contributed by atoms with van der Waals surface area (Å²) in [5, 5.41) is 1.58. The molecule has 4 aliphatic rings. The van der Waals surface area contributed by atoms with Crippen LogP contribution in [-0.2, 0) is 45.7 Å². The van der Waals surface area contributed by atoms with Gasteiger partial charge in [0.15, 0.2) is 0 Å². The predicted octanol–water partition coefficient (Wildman–Crippen LogP) is 9.50. The largest absolute Gasteiger partial charge is 2.00 e. The molecule has 24 nitrogen and oxygen atoms in total. The van der Waals surface area contributed by atoms with Crippen LogP contribution in [0.4, 0.5) is 0 Å². The van der Waals surface area contributed by atoms with E-state index in [1.165, 1.54) is 19.6 Å². The zero-order valence-corrected chi connectivity index (χ0v) is 53.8. The van der Waals surface area contributed by atoms with Gasteiger partial charge in [-0.15, -0.1) is 0 Å². The number of benzene rings is 4. The third-order valence-electron chi connectivity index (χ3n) is 16.7. The minimum absolute atomic E-state index is 0. The molecule has 0 bridgehead atoms. The monoisotopic (exact) mass is 1380 g/mol. The summed E-state index contributed by atoms with van der Waals surface area (Å²) in [6.07, 6.45) is 30.1. The SMILES string of the molecule is O=C1c2ccc3c4c(ccc(c24)C(=O)N1CCCn1ccnc1)C(=O)N(CCCn1ccnc1)C3=O.O=C1c2ccc3c4c(ccc(c24)C(=O)N1CCCn1ccnc1)C(=O)N(CCCn1ccnc1)C3=O.[Ru+2].c1ccc(-c2ccccn2)nc1.c1ccc(-c2ccccn2)nc1. The van der Waals surface area contributed by atoms with Crippen LogP contribution in [0.1, 0.15) is 109 Å². The van der Waals surface area contributed by atoms with Gasteiger partial charge in [0, 0.05) is 193 Å². The summed E-state index contributed by atoms with van der Waals surface area (Å²) in [5.74, 6) is -3.30. The van der Waals surface area contributed by atoms with Crippen LogP contribution in [0.5, 0.6) is 0 Å². The topological polar surface area (TPSA) is 272 Å². The van der Waals surface area contributed by atoms with Crippen molar-refractivity contribution in [2.45, 2.75) is 51.9 Å². The van der Waals surface area contributed by atoms with Gasteiger partial charge in [0.25, 0.3) is 47.3 Å². The molecular formula is C72H60N16O8Ru+2. The van der Waals surface area contributed by atoms with Crippen LogP contribution < -0.4 is 0 Å². The summed E-state index contributed by atoms with van der Waals surface area (Å²) < 4.78 is 7.54. The number of imide groups is 4. The number of rotatable bonds is 18. The number of carbonyl (C=O) groups excluding carboxylic acids is 8. The average Bonchev–Trinajstić information content (AvgIpc) is 0.803. The number of amides is 8. The first-order valence-corrected chi connectivity index (χ1v) is 31.1. The van der Waals surface area contributed by atoms with Crippen molar-refractivity contribution in [1.82, 2.24) is 77.7 Å². The number of pyridine rings is 4. The van der Waals surface area contributed by atoms with Crippen molar-refractivity contribution in [3.63, 3.8) is 0 Å². The third kappa shape index (κ3) is 13.6. The maximum atomic E-state index is 13.3. The summed E-state index contributed by atoms with van der Waals surface area (Å²) in [7, 11) is 0. The Morgan fingerprint density at radius 3 is 0.588 bits per heavy atom. The number of nitrogens with zero attached hydrogens (tertiary/aromatic N) is 16. The Balaban J connectivity index is 0.000000137. The Kier molecular flexibility index (Phi) is 19.8. The van der Waals surface area contributed by atoms with E-state index in [9.17, 15) is 38.4 Å². The van der Waals surface area contributed by atoms with Crippen molar-refractivity contribution in [2.24, 2.45) is 0 Å². The molecule has 12 aromatic rings. The van der Waals surface area contributed by atoms with Crippen LogP contribution in [-0.4, -0.2) is 151 Å². The van der Waals surface area contributed by atoms with Gasteiger partial charge in [-0.2, -0.15) is 0 Å². The molecule has 482 valence electrons. The van der Waals surface area contributed by atoms with E-state index in [1.807, 2.05) is 116 Å². The summed E-state index contributed by atoms with van der Waals surface area (Å²) >= 11 is 0. The van der Waals surface area contributed by atoms with E-state index >= 15 is 0 Å². The molecule has 0 spiro atoms. The molecule has 25 heteroatoms. The van der Waals surface area contributed by atoms with Gasteiger partial charge in [-0.05, 0) is 123 Å². The molecule has 0 atom stereocenters. The van der Waals surface area contributed by atoms with Gasteiger partial charge in [0.1, 0.15) is 0 Å². The molecule has 0 saturated carbocycles. The summed E-state index contributed by atoms with van der Waals surface area (Å²) in [6.45, 7) is 3.50. The van der Waals surface area contributed by atoms with Crippen LogP contribution >= 0.6 is 0 Å². The number of aryl methyl sites for hydroxylation is 4. The van der Waals surface area contributed by atoms with Crippen molar-refractivity contribution >= 4 is 68.8 Å². The van der Waals surface area contributed by atoms with Crippen molar-refractivity contribution in [3.8, 4) is 22.8 Å². The molecule has 0 aliphatic carbocycles. The summed E-state index contributed by atoms with van der Waals surface area (Å²) in [4.78, 5) is 144. The molecule has 0 saturated heterocycles. The summed E-state index contributed by atoms with van der Waals surface area (Å²) in [6, 6.07) is 36.0. The molecule has 8 amide bonds. The van der Waals surface area contributed by atoms with Crippen molar-refractivity contribution < 1.29 is 57.8 Å². The van der Waals surface area contributed by atoms with Crippen molar-refractivity contribution in [3.05, 3.63) is 266 Å². The molecule has 16 rings (SSSR count). The van der Waals surface area contributed by atoms with E-state index in [4.69, 9.17) is 0 Å². The number of aromatic nitrogens is 12. The van der Waals surface area contributed by atoms with Gasteiger partial charge in [-0.25, -0.2) is 19.9 Å². The first kappa shape index (κ1) is 65.1. The Labute approximate surface area is 567 Å². The molecule has 0 fully saturated rings. The number of hydrogen-bond donors (Lipinski definition) is 0. The van der Waals surface area contributed by atoms with E-state index in [-0.39, 0.29) is 45.7 Å². The van der Waals surface area contributed by atoms with Gasteiger partial charge in [-0.3, -0.25) is 77.9 Å². The van der Waals surface area contributed by atoms with Crippen LogP contribution in [0.25, 0.3) is 44.3 Å². The fourth-order valence-electron chi connectivity index (χ4n) is 12.1. The molecule has 12 heterocycles. The van der Waals surface area contributed by atoms with Crippen LogP contribution in [0, 0.1) is 0 Å². The van der Waals surface area contributed by atoms with Crippen molar-refractivity contribution in [2.75, 3.05) is 26.2 Å². The first-order valence-electron chi connectivity index (χ1n) is 31.1. The van der Waals surface area contributed by atoms with Gasteiger partial charge in [0.2, 0.25) is 0 Å². The zero-order valence-electron chi connectivity index (χ0n) is 52.0. The minimum atomic E-state index is -0.413. The maximum absolute atomic E-state index is 13.3. The summed E-state index contributed by atoms with van der Waals surface area (Å²) in [5.41, 5.74) is 6.34. The average molecular weight is 1380 g/mol. The fraction of sp³-hybridized carbons (Fsp3) is 0.167. The standard InChI is InChI=1S/2C26H22N6O4.2C10H8N2.Ru/c2*33-23-17-3-5-19-22-20(26(36)32(25(19)35)12-2-10-30-14-8-28-16-30)6-4-18(21(17)22)24(34)31(23)11-1-9-29-13-7-27-15-29;2*1-3-7-11-9(5-1)10-6-2-4-8-12-10;/h2*3-8,13-16H,1-2,9-12H2;2*1-8H;/q;;;;+2. The second-order valence-corrected chi connectivity index (χ2v) is 22.7. The second-order valence-electron chi connectivity index (χ2n) is 22.7. The van der Waals surface area contributed by atoms with E-state index in [0.29, 0.717) is 118 Å². The molecule has 0 radical (unpaired) electrons.